The van der Waals surface area contributed by atoms with Gasteiger partial charge in [0.1, 0.15) is 17.1 Å². The summed E-state index contributed by atoms with van der Waals surface area (Å²) in [4.78, 5) is 22.9. The molecule has 0 saturated carbocycles. The molecule has 0 radical (unpaired) electrons. The Hall–Kier alpha value is -3.72. The van der Waals surface area contributed by atoms with Gasteiger partial charge in [-0.2, -0.15) is 5.10 Å². The molecule has 8 nitrogen and oxygen atoms in total. The monoisotopic (exact) mass is 467 g/mol. The molecular weight excluding hydrogens is 454 g/mol. The molecule has 0 saturated heterocycles. The van der Waals surface area contributed by atoms with E-state index in [1.54, 1.807) is 43.3 Å². The van der Waals surface area contributed by atoms with Gasteiger partial charge in [0, 0.05) is 27.1 Å². The van der Waals surface area contributed by atoms with Gasteiger partial charge in [-0.25, -0.2) is 5.43 Å². The molecule has 0 aliphatic rings. The second-order valence-electron chi connectivity index (χ2n) is 6.45. The number of fused-ring (bicyclic) bond motifs is 1. The second kappa shape index (κ2) is 7.96. The Kier molecular flexibility index (Phi) is 5.20. The molecule has 0 atom stereocenters. The maximum absolute atomic E-state index is 12.2. The van der Waals surface area contributed by atoms with E-state index in [2.05, 4.69) is 26.5 Å². The lowest BCUT2D eigenvalue weighted by Gasteiger charge is -2.00. The quantitative estimate of drug-likeness (QED) is 0.238. The van der Waals surface area contributed by atoms with Crippen LogP contribution in [0.2, 0.25) is 0 Å². The van der Waals surface area contributed by atoms with Crippen LogP contribution in [-0.2, 0) is 0 Å². The number of benzene rings is 2. The number of nitro benzene ring substituents is 1. The fourth-order valence-electron chi connectivity index (χ4n) is 2.87. The smallest absolute Gasteiger partial charge is 0.307 e. The van der Waals surface area contributed by atoms with Crippen molar-refractivity contribution in [2.75, 3.05) is 0 Å². The SMILES string of the molecule is Cc1ccc(-c2ccc(/C=N/NC(=O)c3cc4cc(Br)ccc4o3)o2)cc1[N+](=O)[O-]. The number of nitrogens with zero attached hydrogens (tertiary/aromatic N) is 2. The third-order valence-electron chi connectivity index (χ3n) is 4.38. The first-order valence-corrected chi connectivity index (χ1v) is 9.58. The van der Waals surface area contributed by atoms with Crippen molar-refractivity contribution >= 4 is 44.7 Å². The van der Waals surface area contributed by atoms with Crippen molar-refractivity contribution in [3.63, 3.8) is 0 Å². The lowest BCUT2D eigenvalue weighted by molar-refractivity contribution is -0.385. The molecule has 0 aliphatic carbocycles. The van der Waals surface area contributed by atoms with Gasteiger partial charge in [-0.15, -0.1) is 0 Å². The van der Waals surface area contributed by atoms with Gasteiger partial charge >= 0.3 is 5.91 Å². The van der Waals surface area contributed by atoms with E-state index in [4.69, 9.17) is 8.83 Å². The minimum Gasteiger partial charge on any atom is -0.455 e. The molecule has 2 aromatic heterocycles. The maximum Gasteiger partial charge on any atom is 0.307 e. The van der Waals surface area contributed by atoms with Crippen molar-refractivity contribution < 1.29 is 18.6 Å². The Morgan fingerprint density at radius 1 is 1.13 bits per heavy atom. The number of rotatable bonds is 5. The molecule has 0 spiro atoms. The molecule has 30 heavy (non-hydrogen) atoms. The van der Waals surface area contributed by atoms with Crippen LogP contribution in [0.3, 0.4) is 0 Å². The molecule has 4 aromatic rings. The number of aryl methyl sites for hydroxylation is 1. The molecule has 0 unspecified atom stereocenters. The highest BCUT2D eigenvalue weighted by Crippen LogP contribution is 2.28. The normalized spacial score (nSPS) is 11.3. The predicted octanol–water partition coefficient (Wildman–Crippen LogP) is 5.44. The molecule has 0 fully saturated rings. The molecule has 0 bridgehead atoms. The lowest BCUT2D eigenvalue weighted by atomic mass is 10.1. The van der Waals surface area contributed by atoms with E-state index in [0.29, 0.717) is 28.2 Å². The number of hydrogen-bond donors (Lipinski definition) is 1. The zero-order valence-corrected chi connectivity index (χ0v) is 17.2. The molecule has 4 rings (SSSR count). The van der Waals surface area contributed by atoms with E-state index in [1.165, 1.54) is 12.3 Å². The molecule has 9 heteroatoms. The molecule has 2 aromatic carbocycles. The Balaban J connectivity index is 1.46. The van der Waals surface area contributed by atoms with Gasteiger partial charge in [-0.05, 0) is 43.3 Å². The summed E-state index contributed by atoms with van der Waals surface area (Å²) in [5.41, 5.74) is 4.13. The third-order valence-corrected chi connectivity index (χ3v) is 4.87. The average molecular weight is 468 g/mol. The third kappa shape index (κ3) is 4.01. The van der Waals surface area contributed by atoms with Gasteiger partial charge in [-0.3, -0.25) is 14.9 Å². The van der Waals surface area contributed by atoms with E-state index < -0.39 is 10.8 Å². The van der Waals surface area contributed by atoms with Crippen molar-refractivity contribution in [2.24, 2.45) is 5.10 Å². The Morgan fingerprint density at radius 3 is 2.77 bits per heavy atom. The number of nitrogens with one attached hydrogen (secondary N) is 1. The highest BCUT2D eigenvalue weighted by molar-refractivity contribution is 9.10. The van der Waals surface area contributed by atoms with Gasteiger partial charge in [-0.1, -0.05) is 28.1 Å². The summed E-state index contributed by atoms with van der Waals surface area (Å²) in [5.74, 6) is 0.461. The zero-order chi connectivity index (χ0) is 21.3. The summed E-state index contributed by atoms with van der Waals surface area (Å²) in [6, 6.07) is 15.2. The summed E-state index contributed by atoms with van der Waals surface area (Å²) in [6.45, 7) is 1.67. The number of hydrazone groups is 1. The predicted molar refractivity (Wildman–Crippen MR) is 115 cm³/mol. The van der Waals surface area contributed by atoms with Crippen LogP contribution in [0.1, 0.15) is 21.9 Å². The van der Waals surface area contributed by atoms with E-state index >= 15 is 0 Å². The van der Waals surface area contributed by atoms with Gasteiger partial charge in [0.2, 0.25) is 0 Å². The summed E-state index contributed by atoms with van der Waals surface area (Å²) < 4.78 is 12.0. The van der Waals surface area contributed by atoms with Crippen LogP contribution >= 0.6 is 15.9 Å². The number of nitro groups is 1. The van der Waals surface area contributed by atoms with Crippen LogP contribution in [-0.4, -0.2) is 17.0 Å². The fourth-order valence-corrected chi connectivity index (χ4v) is 3.25. The Labute approximate surface area is 178 Å². The molecule has 1 amide bonds. The van der Waals surface area contributed by atoms with Crippen LogP contribution in [0.4, 0.5) is 5.69 Å². The Bertz CT molecular complexity index is 1310. The molecule has 150 valence electrons. The summed E-state index contributed by atoms with van der Waals surface area (Å²) in [6.07, 6.45) is 1.34. The van der Waals surface area contributed by atoms with Gasteiger partial charge < -0.3 is 8.83 Å². The van der Waals surface area contributed by atoms with Crippen molar-refractivity contribution in [1.82, 2.24) is 5.43 Å². The van der Waals surface area contributed by atoms with Crippen LogP contribution < -0.4 is 5.43 Å². The first-order valence-electron chi connectivity index (χ1n) is 8.78. The van der Waals surface area contributed by atoms with Gasteiger partial charge in [0.05, 0.1) is 11.1 Å². The molecular formula is C21H14BrN3O5. The standard InChI is InChI=1S/C21H14BrN3O5/c1-12-2-3-13(9-17(12)25(27)28)18-7-5-16(29-18)11-23-24-21(26)20-10-14-8-15(22)4-6-19(14)30-20/h2-11H,1H3,(H,24,26)/b23-11+. The van der Waals surface area contributed by atoms with Crippen molar-refractivity contribution in [3.05, 3.63) is 86.3 Å². The number of furan rings is 2. The molecule has 2 heterocycles. The van der Waals surface area contributed by atoms with E-state index in [9.17, 15) is 14.9 Å². The van der Waals surface area contributed by atoms with Gasteiger partial charge in [0.25, 0.3) is 5.69 Å². The maximum atomic E-state index is 12.2. The number of amides is 1. The highest BCUT2D eigenvalue weighted by atomic mass is 79.9. The van der Waals surface area contributed by atoms with E-state index in [1.807, 2.05) is 12.1 Å². The van der Waals surface area contributed by atoms with Crippen molar-refractivity contribution in [2.45, 2.75) is 6.92 Å². The van der Waals surface area contributed by atoms with E-state index in [-0.39, 0.29) is 11.4 Å². The van der Waals surface area contributed by atoms with Gasteiger partial charge in [0.15, 0.2) is 5.76 Å². The topological polar surface area (TPSA) is 111 Å². The first-order chi connectivity index (χ1) is 14.4. The highest BCUT2D eigenvalue weighted by Gasteiger charge is 2.14. The van der Waals surface area contributed by atoms with Crippen LogP contribution in [0.15, 0.2) is 73.0 Å². The average Bonchev–Trinajstić information content (AvgIpc) is 3.35. The van der Waals surface area contributed by atoms with Crippen molar-refractivity contribution in [1.29, 1.82) is 0 Å². The minimum absolute atomic E-state index is 0.0178. The summed E-state index contributed by atoms with van der Waals surface area (Å²) in [5, 5.41) is 15.8. The van der Waals surface area contributed by atoms with Crippen LogP contribution in [0.5, 0.6) is 0 Å². The van der Waals surface area contributed by atoms with Crippen LogP contribution in [0.25, 0.3) is 22.3 Å². The van der Waals surface area contributed by atoms with Crippen molar-refractivity contribution in [3.8, 4) is 11.3 Å². The van der Waals surface area contributed by atoms with Crippen LogP contribution in [0, 0.1) is 17.0 Å². The minimum atomic E-state index is -0.500. The number of hydrogen-bond acceptors (Lipinski definition) is 6. The first kappa shape index (κ1) is 19.6. The number of carbonyl (C=O) groups excluding carboxylic acids is 1. The second-order valence-corrected chi connectivity index (χ2v) is 7.37. The number of carbonyl (C=O) groups is 1. The molecule has 1 N–H and O–H groups in total. The van der Waals surface area contributed by atoms with E-state index in [0.717, 1.165) is 9.86 Å². The largest absolute Gasteiger partial charge is 0.455 e. The Morgan fingerprint density at radius 2 is 1.97 bits per heavy atom. The summed E-state index contributed by atoms with van der Waals surface area (Å²) >= 11 is 3.37. The zero-order valence-electron chi connectivity index (χ0n) is 15.6. The number of halogens is 1. The lowest BCUT2D eigenvalue weighted by Crippen LogP contribution is -2.16. The summed E-state index contributed by atoms with van der Waals surface area (Å²) in [7, 11) is 0. The fraction of sp³-hybridized carbons (Fsp3) is 0.0476. The molecule has 0 aliphatic heterocycles.